The van der Waals surface area contributed by atoms with Crippen molar-refractivity contribution in [2.75, 3.05) is 6.26 Å². The summed E-state index contributed by atoms with van der Waals surface area (Å²) in [5.74, 6) is -1.20. The summed E-state index contributed by atoms with van der Waals surface area (Å²) in [4.78, 5) is 37.2. The van der Waals surface area contributed by atoms with Crippen molar-refractivity contribution in [1.29, 1.82) is 0 Å². The Hall–Kier alpha value is -2.22. The molecular formula is C13H14N2O5S. The second-order valence-corrected chi connectivity index (χ2v) is 6.49. The molecule has 0 aliphatic carbocycles. The van der Waals surface area contributed by atoms with Crippen LogP contribution < -0.4 is 11.1 Å². The van der Waals surface area contributed by atoms with Crippen LogP contribution in [0, 0.1) is 0 Å². The van der Waals surface area contributed by atoms with Gasteiger partial charge in [0.25, 0.3) is 0 Å². The van der Waals surface area contributed by atoms with Gasteiger partial charge in [0.05, 0.1) is 16.6 Å². The van der Waals surface area contributed by atoms with Crippen molar-refractivity contribution in [2.24, 2.45) is 0 Å². The summed E-state index contributed by atoms with van der Waals surface area (Å²) in [7, 11) is -1.17. The van der Waals surface area contributed by atoms with Crippen LogP contribution in [0.15, 0.2) is 27.8 Å². The van der Waals surface area contributed by atoms with Crippen LogP contribution in [0.5, 0.6) is 0 Å². The van der Waals surface area contributed by atoms with Crippen LogP contribution >= 0.6 is 0 Å². The lowest BCUT2D eigenvalue weighted by molar-refractivity contribution is 0.0698. The molecule has 7 nitrogen and oxygen atoms in total. The SMILES string of the molecule is CC(Cn1c(=O)c(=O)[nH]c2c(C(=O)O)cccc21)S(C)=O. The molecule has 21 heavy (non-hydrogen) atoms. The maximum atomic E-state index is 12.0. The summed E-state index contributed by atoms with van der Waals surface area (Å²) in [6.45, 7) is 1.77. The van der Waals surface area contributed by atoms with E-state index in [2.05, 4.69) is 4.98 Å². The lowest BCUT2D eigenvalue weighted by Gasteiger charge is -2.14. The van der Waals surface area contributed by atoms with E-state index in [1.807, 2.05) is 0 Å². The van der Waals surface area contributed by atoms with Crippen LogP contribution in [0.4, 0.5) is 0 Å². The van der Waals surface area contributed by atoms with Gasteiger partial charge in [0.15, 0.2) is 0 Å². The zero-order valence-electron chi connectivity index (χ0n) is 11.5. The van der Waals surface area contributed by atoms with Crippen molar-refractivity contribution >= 4 is 27.8 Å². The molecule has 2 unspecified atom stereocenters. The Morgan fingerprint density at radius 1 is 1.43 bits per heavy atom. The van der Waals surface area contributed by atoms with Gasteiger partial charge >= 0.3 is 17.1 Å². The van der Waals surface area contributed by atoms with Gasteiger partial charge in [-0.05, 0) is 19.1 Å². The summed E-state index contributed by atoms with van der Waals surface area (Å²) in [5, 5.41) is 8.80. The second-order valence-electron chi connectivity index (χ2n) is 4.68. The number of H-pyrrole nitrogens is 1. The number of hydrogen-bond donors (Lipinski definition) is 2. The van der Waals surface area contributed by atoms with E-state index in [1.54, 1.807) is 13.0 Å². The number of aromatic amines is 1. The second kappa shape index (κ2) is 5.65. The summed E-state index contributed by atoms with van der Waals surface area (Å²) in [5.41, 5.74) is -1.39. The van der Waals surface area contributed by atoms with E-state index in [-0.39, 0.29) is 22.9 Å². The van der Waals surface area contributed by atoms with Crippen LogP contribution in [0.3, 0.4) is 0 Å². The molecule has 0 amide bonds. The fourth-order valence-corrected chi connectivity index (χ4v) is 2.38. The standard InChI is InChI=1S/C13H14N2O5S/c1-7(21(2)20)6-15-9-5-3-4-8(13(18)19)10(9)14-11(16)12(15)17/h3-5,7H,6H2,1-2H3,(H,14,16)(H,18,19). The topological polar surface area (TPSA) is 109 Å². The average Bonchev–Trinajstić information content (AvgIpc) is 2.42. The van der Waals surface area contributed by atoms with Crippen LogP contribution in [0.25, 0.3) is 11.0 Å². The van der Waals surface area contributed by atoms with Gasteiger partial charge in [-0.3, -0.25) is 13.8 Å². The molecule has 0 aliphatic rings. The van der Waals surface area contributed by atoms with Crippen LogP contribution in [-0.4, -0.2) is 36.3 Å². The Bertz CT molecular complexity index is 852. The van der Waals surface area contributed by atoms with Crippen LogP contribution in [0.1, 0.15) is 17.3 Å². The predicted octanol–water partition coefficient (Wildman–Crippen LogP) is 0.155. The average molecular weight is 310 g/mol. The molecule has 0 saturated carbocycles. The zero-order valence-corrected chi connectivity index (χ0v) is 12.3. The van der Waals surface area contributed by atoms with Gasteiger partial charge in [0.2, 0.25) is 0 Å². The molecule has 1 heterocycles. The molecule has 0 radical (unpaired) electrons. The Kier molecular flexibility index (Phi) is 4.08. The number of aromatic nitrogens is 2. The highest BCUT2D eigenvalue weighted by Crippen LogP contribution is 2.15. The van der Waals surface area contributed by atoms with E-state index >= 15 is 0 Å². The highest BCUT2D eigenvalue weighted by Gasteiger charge is 2.16. The Morgan fingerprint density at radius 3 is 2.67 bits per heavy atom. The maximum Gasteiger partial charge on any atom is 0.337 e. The number of para-hydroxylation sites is 1. The molecule has 2 rings (SSSR count). The number of fused-ring (bicyclic) bond motifs is 1. The third kappa shape index (κ3) is 2.80. The molecule has 1 aromatic carbocycles. The first-order chi connectivity index (χ1) is 9.82. The molecular weight excluding hydrogens is 296 g/mol. The molecule has 8 heteroatoms. The zero-order chi connectivity index (χ0) is 15.7. The van der Waals surface area contributed by atoms with E-state index < -0.39 is 27.9 Å². The number of carbonyl (C=O) groups is 1. The number of nitrogens with one attached hydrogen (secondary N) is 1. The molecule has 112 valence electrons. The van der Waals surface area contributed by atoms with Crippen molar-refractivity contribution in [2.45, 2.75) is 18.7 Å². The minimum absolute atomic E-state index is 0.0748. The normalized spacial score (nSPS) is 14.0. The number of nitrogens with zero attached hydrogens (tertiary/aromatic N) is 1. The summed E-state index contributed by atoms with van der Waals surface area (Å²) >= 11 is 0. The van der Waals surface area contributed by atoms with E-state index in [0.29, 0.717) is 5.52 Å². The van der Waals surface area contributed by atoms with Crippen LogP contribution in [0.2, 0.25) is 0 Å². The van der Waals surface area contributed by atoms with E-state index in [4.69, 9.17) is 5.11 Å². The number of rotatable bonds is 4. The Morgan fingerprint density at radius 2 is 2.10 bits per heavy atom. The minimum Gasteiger partial charge on any atom is -0.478 e. The van der Waals surface area contributed by atoms with E-state index in [1.165, 1.54) is 23.0 Å². The van der Waals surface area contributed by atoms with Gasteiger partial charge in [-0.25, -0.2) is 4.79 Å². The molecule has 0 bridgehead atoms. The van der Waals surface area contributed by atoms with Crippen molar-refractivity contribution < 1.29 is 14.1 Å². The van der Waals surface area contributed by atoms with Crippen molar-refractivity contribution in [3.05, 3.63) is 44.5 Å². The van der Waals surface area contributed by atoms with Gasteiger partial charge in [-0.1, -0.05) is 6.07 Å². The fraction of sp³-hybridized carbons (Fsp3) is 0.308. The maximum absolute atomic E-state index is 12.0. The molecule has 0 aliphatic heterocycles. The monoisotopic (exact) mass is 310 g/mol. The van der Waals surface area contributed by atoms with Crippen molar-refractivity contribution in [3.63, 3.8) is 0 Å². The molecule has 0 spiro atoms. The largest absolute Gasteiger partial charge is 0.478 e. The van der Waals surface area contributed by atoms with Gasteiger partial charge in [0.1, 0.15) is 0 Å². The lowest BCUT2D eigenvalue weighted by Crippen LogP contribution is -2.39. The van der Waals surface area contributed by atoms with Gasteiger partial charge in [0, 0.05) is 28.9 Å². The first kappa shape index (κ1) is 15.2. The number of benzene rings is 1. The molecule has 2 atom stereocenters. The summed E-state index contributed by atoms with van der Waals surface area (Å²) in [6.07, 6.45) is 1.51. The number of carboxylic acid groups (broad SMARTS) is 1. The molecule has 2 aromatic rings. The smallest absolute Gasteiger partial charge is 0.337 e. The quantitative estimate of drug-likeness (QED) is 0.782. The molecule has 2 N–H and O–H groups in total. The predicted molar refractivity (Wildman–Crippen MR) is 79.3 cm³/mol. The summed E-state index contributed by atoms with van der Waals surface area (Å²) < 4.78 is 12.6. The van der Waals surface area contributed by atoms with Crippen molar-refractivity contribution in [3.8, 4) is 0 Å². The lowest BCUT2D eigenvalue weighted by atomic mass is 10.1. The van der Waals surface area contributed by atoms with E-state index in [9.17, 15) is 18.6 Å². The highest BCUT2D eigenvalue weighted by atomic mass is 32.2. The molecule has 0 fully saturated rings. The van der Waals surface area contributed by atoms with Gasteiger partial charge < -0.3 is 14.7 Å². The molecule has 0 saturated heterocycles. The Balaban J connectivity index is 2.80. The first-order valence-corrected chi connectivity index (χ1v) is 7.76. The first-order valence-electron chi connectivity index (χ1n) is 6.14. The number of aromatic carboxylic acids is 1. The van der Waals surface area contributed by atoms with E-state index in [0.717, 1.165) is 0 Å². The highest BCUT2D eigenvalue weighted by molar-refractivity contribution is 7.84. The Labute approximate surface area is 121 Å². The van der Waals surface area contributed by atoms with Crippen LogP contribution in [-0.2, 0) is 17.3 Å². The third-order valence-corrected chi connectivity index (χ3v) is 4.53. The third-order valence-electron chi connectivity index (χ3n) is 3.25. The van der Waals surface area contributed by atoms with Gasteiger partial charge in [-0.15, -0.1) is 0 Å². The summed E-state index contributed by atoms with van der Waals surface area (Å²) in [6, 6.07) is 4.38. The minimum atomic E-state index is -1.20. The van der Waals surface area contributed by atoms with Crippen molar-refractivity contribution in [1.82, 2.24) is 9.55 Å². The number of hydrogen-bond acceptors (Lipinski definition) is 4. The molecule has 1 aromatic heterocycles. The fourth-order valence-electron chi connectivity index (χ4n) is 2.02. The number of carboxylic acids is 1. The van der Waals surface area contributed by atoms with Gasteiger partial charge in [-0.2, -0.15) is 0 Å².